The highest BCUT2D eigenvalue weighted by atomic mass is 16.3. The summed E-state index contributed by atoms with van der Waals surface area (Å²) >= 11 is 0. The highest BCUT2D eigenvalue weighted by Crippen LogP contribution is 2.21. The van der Waals surface area contributed by atoms with Gasteiger partial charge in [-0.1, -0.05) is 48.5 Å². The van der Waals surface area contributed by atoms with Gasteiger partial charge in [-0.25, -0.2) is 0 Å². The number of nitrogens with one attached hydrogen (secondary N) is 1. The summed E-state index contributed by atoms with van der Waals surface area (Å²) in [7, 11) is 0. The molecule has 2 aromatic carbocycles. The van der Waals surface area contributed by atoms with Crippen molar-refractivity contribution in [3.63, 3.8) is 0 Å². The van der Waals surface area contributed by atoms with Gasteiger partial charge in [-0.05, 0) is 24.5 Å². The van der Waals surface area contributed by atoms with E-state index in [2.05, 4.69) is 17.4 Å². The van der Waals surface area contributed by atoms with E-state index in [0.29, 0.717) is 12.3 Å². The van der Waals surface area contributed by atoms with Gasteiger partial charge in [0.15, 0.2) is 0 Å². The van der Waals surface area contributed by atoms with Crippen LogP contribution >= 0.6 is 0 Å². The lowest BCUT2D eigenvalue weighted by Crippen LogP contribution is -2.34. The number of aryl methyl sites for hydroxylation is 1. The van der Waals surface area contributed by atoms with Crippen molar-refractivity contribution in [3.8, 4) is 5.75 Å². The molecule has 3 N–H and O–H groups in total. The average molecular weight is 271 g/mol. The molecule has 0 fully saturated rings. The smallest absolute Gasteiger partial charge is 0.122 e. The summed E-state index contributed by atoms with van der Waals surface area (Å²) in [6.45, 7) is 2.50. The number of phenols is 1. The van der Waals surface area contributed by atoms with Gasteiger partial charge in [0.05, 0.1) is 6.61 Å². The van der Waals surface area contributed by atoms with Crippen LogP contribution in [-0.4, -0.2) is 22.9 Å². The third kappa shape index (κ3) is 3.83. The van der Waals surface area contributed by atoms with Crippen molar-refractivity contribution in [2.45, 2.75) is 25.9 Å². The fourth-order valence-corrected chi connectivity index (χ4v) is 2.22. The summed E-state index contributed by atoms with van der Waals surface area (Å²) in [6.07, 6.45) is 0.768. The van der Waals surface area contributed by atoms with Crippen molar-refractivity contribution in [3.05, 3.63) is 65.2 Å². The molecule has 0 aliphatic rings. The summed E-state index contributed by atoms with van der Waals surface area (Å²) in [4.78, 5) is 0. The molecule has 1 atom stereocenters. The monoisotopic (exact) mass is 271 g/mol. The van der Waals surface area contributed by atoms with Gasteiger partial charge in [0.25, 0.3) is 0 Å². The summed E-state index contributed by atoms with van der Waals surface area (Å²) < 4.78 is 0. The Hall–Kier alpha value is -1.84. The van der Waals surface area contributed by atoms with E-state index in [4.69, 9.17) is 0 Å². The van der Waals surface area contributed by atoms with E-state index in [1.54, 1.807) is 0 Å². The molecule has 0 bridgehead atoms. The van der Waals surface area contributed by atoms with Crippen molar-refractivity contribution in [2.24, 2.45) is 0 Å². The van der Waals surface area contributed by atoms with Crippen LogP contribution in [0.2, 0.25) is 0 Å². The van der Waals surface area contributed by atoms with Crippen molar-refractivity contribution >= 4 is 0 Å². The van der Waals surface area contributed by atoms with E-state index in [-0.39, 0.29) is 12.6 Å². The maximum Gasteiger partial charge on any atom is 0.122 e. The average Bonchev–Trinajstić information content (AvgIpc) is 2.48. The van der Waals surface area contributed by atoms with Gasteiger partial charge in [0.1, 0.15) is 5.75 Å². The minimum atomic E-state index is -0.0164. The Kier molecular flexibility index (Phi) is 5.16. The van der Waals surface area contributed by atoms with Crippen molar-refractivity contribution in [1.82, 2.24) is 5.32 Å². The second-order valence-electron chi connectivity index (χ2n) is 5.03. The Morgan fingerprint density at radius 2 is 1.80 bits per heavy atom. The first-order valence-electron chi connectivity index (χ1n) is 6.86. The van der Waals surface area contributed by atoms with E-state index in [1.165, 1.54) is 5.56 Å². The quantitative estimate of drug-likeness (QED) is 0.756. The van der Waals surface area contributed by atoms with E-state index in [9.17, 15) is 10.2 Å². The van der Waals surface area contributed by atoms with Crippen LogP contribution in [0.1, 0.15) is 16.7 Å². The SMILES string of the molecule is Cc1cccc(CN[C@@H](CO)Cc2ccccc2)c1O. The molecule has 3 heteroatoms. The number of rotatable bonds is 6. The third-order valence-corrected chi connectivity index (χ3v) is 3.45. The summed E-state index contributed by atoms with van der Waals surface area (Å²) in [6, 6.07) is 15.8. The zero-order chi connectivity index (χ0) is 14.4. The molecule has 3 nitrogen and oxygen atoms in total. The first kappa shape index (κ1) is 14.6. The van der Waals surface area contributed by atoms with Gasteiger partial charge < -0.3 is 15.5 Å². The lowest BCUT2D eigenvalue weighted by atomic mass is 10.1. The number of aromatic hydroxyl groups is 1. The zero-order valence-electron chi connectivity index (χ0n) is 11.7. The first-order valence-corrected chi connectivity index (χ1v) is 6.86. The number of aliphatic hydroxyl groups excluding tert-OH is 1. The van der Waals surface area contributed by atoms with Gasteiger partial charge in [-0.2, -0.15) is 0 Å². The van der Waals surface area contributed by atoms with E-state index in [1.807, 2.05) is 43.3 Å². The molecule has 20 heavy (non-hydrogen) atoms. The maximum absolute atomic E-state index is 9.97. The van der Waals surface area contributed by atoms with Crippen molar-refractivity contribution in [2.75, 3.05) is 6.61 Å². The van der Waals surface area contributed by atoms with E-state index < -0.39 is 0 Å². The molecule has 106 valence electrons. The molecule has 2 aromatic rings. The number of para-hydroxylation sites is 1. The fourth-order valence-electron chi connectivity index (χ4n) is 2.22. The fraction of sp³-hybridized carbons (Fsp3) is 0.294. The minimum Gasteiger partial charge on any atom is -0.507 e. The Balaban J connectivity index is 1.95. The Morgan fingerprint density at radius 1 is 1.05 bits per heavy atom. The molecule has 0 spiro atoms. The molecule has 2 rings (SSSR count). The maximum atomic E-state index is 9.97. The molecule has 0 aliphatic carbocycles. The first-order chi connectivity index (χ1) is 9.70. The largest absolute Gasteiger partial charge is 0.507 e. The summed E-state index contributed by atoms with van der Waals surface area (Å²) in [5.41, 5.74) is 2.91. The minimum absolute atomic E-state index is 0.0164. The Labute approximate surface area is 119 Å². The van der Waals surface area contributed by atoms with Crippen LogP contribution in [0.5, 0.6) is 5.75 Å². The van der Waals surface area contributed by atoms with Crippen LogP contribution in [0.15, 0.2) is 48.5 Å². The topological polar surface area (TPSA) is 52.5 Å². The number of phenolic OH excluding ortho intramolecular Hbond substituents is 1. The van der Waals surface area contributed by atoms with Crippen LogP contribution in [0.4, 0.5) is 0 Å². The molecular weight excluding hydrogens is 250 g/mol. The second kappa shape index (κ2) is 7.08. The second-order valence-corrected chi connectivity index (χ2v) is 5.03. The van der Waals surface area contributed by atoms with Gasteiger partial charge in [0.2, 0.25) is 0 Å². The van der Waals surface area contributed by atoms with Crippen LogP contribution < -0.4 is 5.32 Å². The number of aliphatic hydroxyl groups is 1. The predicted octanol–water partition coefficient (Wildman–Crippen LogP) is 2.39. The van der Waals surface area contributed by atoms with Gasteiger partial charge in [-0.15, -0.1) is 0 Å². The highest BCUT2D eigenvalue weighted by Gasteiger charge is 2.10. The van der Waals surface area contributed by atoms with Crippen LogP contribution in [0.3, 0.4) is 0 Å². The Bertz CT molecular complexity index is 540. The molecule has 0 radical (unpaired) electrons. The molecule has 0 saturated carbocycles. The number of hydrogen-bond donors (Lipinski definition) is 3. The van der Waals surface area contributed by atoms with Crippen LogP contribution in [0.25, 0.3) is 0 Å². The lowest BCUT2D eigenvalue weighted by Gasteiger charge is -2.17. The molecule has 0 heterocycles. The molecule has 0 unspecified atom stereocenters. The van der Waals surface area contributed by atoms with Crippen molar-refractivity contribution < 1.29 is 10.2 Å². The normalized spacial score (nSPS) is 12.3. The summed E-state index contributed by atoms with van der Waals surface area (Å²) in [5, 5.41) is 22.7. The molecule has 0 aliphatic heterocycles. The van der Waals surface area contributed by atoms with Crippen LogP contribution in [-0.2, 0) is 13.0 Å². The molecule has 0 amide bonds. The van der Waals surface area contributed by atoms with Gasteiger partial charge in [0, 0.05) is 18.2 Å². The molecule has 0 aromatic heterocycles. The van der Waals surface area contributed by atoms with Crippen molar-refractivity contribution in [1.29, 1.82) is 0 Å². The number of hydrogen-bond acceptors (Lipinski definition) is 3. The Morgan fingerprint density at radius 3 is 2.50 bits per heavy atom. The third-order valence-electron chi connectivity index (χ3n) is 3.45. The molecular formula is C17H21NO2. The van der Waals surface area contributed by atoms with Crippen LogP contribution in [0, 0.1) is 6.92 Å². The number of benzene rings is 2. The van der Waals surface area contributed by atoms with Gasteiger partial charge >= 0.3 is 0 Å². The molecule has 0 saturated heterocycles. The van der Waals surface area contributed by atoms with Gasteiger partial charge in [-0.3, -0.25) is 0 Å². The lowest BCUT2D eigenvalue weighted by molar-refractivity contribution is 0.240. The van der Waals surface area contributed by atoms with E-state index in [0.717, 1.165) is 17.5 Å². The zero-order valence-corrected chi connectivity index (χ0v) is 11.7. The summed E-state index contributed by atoms with van der Waals surface area (Å²) in [5.74, 6) is 0.330. The van der Waals surface area contributed by atoms with E-state index >= 15 is 0 Å². The standard InChI is InChI=1S/C17H21NO2/c1-13-6-5-9-15(17(13)20)11-18-16(12-19)10-14-7-3-2-4-8-14/h2-9,16,18-20H,10-12H2,1H3/t16-/m1/s1. The predicted molar refractivity (Wildman–Crippen MR) is 80.7 cm³/mol. The highest BCUT2D eigenvalue weighted by molar-refractivity contribution is 5.39.